The zero-order chi connectivity index (χ0) is 20.2. The Labute approximate surface area is 169 Å². The summed E-state index contributed by atoms with van der Waals surface area (Å²) in [4.78, 5) is 25.8. The number of nitrogens with one attached hydrogen (secondary N) is 2. The van der Waals surface area contributed by atoms with Gasteiger partial charge in [-0.1, -0.05) is 51.1 Å². The van der Waals surface area contributed by atoms with E-state index in [9.17, 15) is 9.59 Å². The molecule has 1 aromatic heterocycles. The van der Waals surface area contributed by atoms with Gasteiger partial charge in [-0.2, -0.15) is 0 Å². The van der Waals surface area contributed by atoms with Crippen molar-refractivity contribution >= 4 is 45.5 Å². The Hall–Kier alpha value is -2.25. The van der Waals surface area contributed by atoms with Crippen molar-refractivity contribution in [2.45, 2.75) is 34.6 Å². The maximum atomic E-state index is 12.6. The van der Waals surface area contributed by atoms with Crippen molar-refractivity contribution in [3.05, 3.63) is 40.8 Å². The van der Waals surface area contributed by atoms with Gasteiger partial charge in [-0.15, -0.1) is 11.3 Å². The second-order valence-electron chi connectivity index (χ2n) is 6.98. The molecule has 0 saturated heterocycles. The van der Waals surface area contributed by atoms with Crippen molar-refractivity contribution in [1.29, 1.82) is 0 Å². The fourth-order valence-electron chi connectivity index (χ4n) is 2.41. The first kappa shape index (κ1) is 21.1. The van der Waals surface area contributed by atoms with Crippen LogP contribution in [0.4, 0.5) is 5.00 Å². The summed E-state index contributed by atoms with van der Waals surface area (Å²) < 4.78 is 5.26. The molecule has 0 unspecified atom stereocenters. The molecule has 0 fully saturated rings. The number of thiophene rings is 1. The Morgan fingerprint density at radius 2 is 1.81 bits per heavy atom. The zero-order valence-electron chi connectivity index (χ0n) is 16.1. The Morgan fingerprint density at radius 3 is 2.37 bits per heavy atom. The summed E-state index contributed by atoms with van der Waals surface area (Å²) in [6.07, 6.45) is 0. The van der Waals surface area contributed by atoms with E-state index in [2.05, 4.69) is 10.6 Å². The summed E-state index contributed by atoms with van der Waals surface area (Å²) in [7, 11) is 0. The van der Waals surface area contributed by atoms with Crippen LogP contribution in [0.5, 0.6) is 0 Å². The van der Waals surface area contributed by atoms with Gasteiger partial charge < -0.3 is 15.4 Å². The first-order valence-electron chi connectivity index (χ1n) is 8.63. The van der Waals surface area contributed by atoms with Crippen LogP contribution >= 0.6 is 23.6 Å². The van der Waals surface area contributed by atoms with E-state index in [4.69, 9.17) is 17.0 Å². The molecule has 2 aromatic rings. The number of esters is 1. The molecule has 1 aromatic carbocycles. The molecule has 0 aliphatic carbocycles. The van der Waals surface area contributed by atoms with Crippen molar-refractivity contribution < 1.29 is 14.3 Å². The zero-order valence-corrected chi connectivity index (χ0v) is 17.8. The molecule has 0 radical (unpaired) electrons. The van der Waals surface area contributed by atoms with Crippen LogP contribution < -0.4 is 10.6 Å². The lowest BCUT2D eigenvalue weighted by atomic mass is 9.96. The number of benzene rings is 1. The van der Waals surface area contributed by atoms with Crippen LogP contribution in [0.15, 0.2) is 30.3 Å². The third kappa shape index (κ3) is 5.14. The third-order valence-electron chi connectivity index (χ3n) is 3.76. The number of ether oxygens (including phenoxy) is 1. The van der Waals surface area contributed by atoms with Crippen LogP contribution in [0.25, 0.3) is 11.1 Å². The SMILES string of the molecule is CCOC(=O)c1c(NC(=S)NC(=O)C(C)(C)C)sc(C)c1-c1ccccc1. The summed E-state index contributed by atoms with van der Waals surface area (Å²) in [5.74, 6) is -0.623. The van der Waals surface area contributed by atoms with E-state index in [1.165, 1.54) is 11.3 Å². The van der Waals surface area contributed by atoms with E-state index < -0.39 is 11.4 Å². The second kappa shape index (κ2) is 8.63. The highest BCUT2D eigenvalue weighted by molar-refractivity contribution is 7.80. The lowest BCUT2D eigenvalue weighted by Crippen LogP contribution is -2.41. The van der Waals surface area contributed by atoms with Gasteiger partial charge >= 0.3 is 5.97 Å². The predicted octanol–water partition coefficient (Wildman–Crippen LogP) is 4.76. The van der Waals surface area contributed by atoms with Crippen molar-refractivity contribution in [3.8, 4) is 11.1 Å². The molecule has 5 nitrogen and oxygen atoms in total. The lowest BCUT2D eigenvalue weighted by molar-refractivity contribution is -0.126. The molecule has 0 saturated carbocycles. The number of thiocarbonyl (C=S) groups is 1. The standard InChI is InChI=1S/C20H24N2O3S2/c1-6-25-17(23)15-14(13-10-8-7-9-11-13)12(2)27-16(15)21-19(26)22-18(24)20(3,4)5/h7-11H,6H2,1-5H3,(H2,21,22,24,26). The predicted molar refractivity (Wildman–Crippen MR) is 114 cm³/mol. The topological polar surface area (TPSA) is 67.4 Å². The highest BCUT2D eigenvalue weighted by atomic mass is 32.1. The van der Waals surface area contributed by atoms with E-state index in [0.717, 1.165) is 16.0 Å². The minimum absolute atomic E-state index is 0.154. The number of carbonyl (C=O) groups is 2. The molecule has 0 aliphatic rings. The van der Waals surface area contributed by atoms with Crippen molar-refractivity contribution in [1.82, 2.24) is 5.32 Å². The Kier molecular flexibility index (Phi) is 6.73. The summed E-state index contributed by atoms with van der Waals surface area (Å²) >= 11 is 6.67. The number of aryl methyl sites for hydroxylation is 1. The van der Waals surface area contributed by atoms with Crippen molar-refractivity contribution in [2.75, 3.05) is 11.9 Å². The highest BCUT2D eigenvalue weighted by Gasteiger charge is 2.26. The molecule has 7 heteroatoms. The molecule has 2 rings (SSSR count). The van der Waals surface area contributed by atoms with E-state index in [-0.39, 0.29) is 17.6 Å². The first-order valence-corrected chi connectivity index (χ1v) is 9.86. The molecule has 0 spiro atoms. The van der Waals surface area contributed by atoms with E-state index >= 15 is 0 Å². The van der Waals surface area contributed by atoms with Gasteiger partial charge in [0.25, 0.3) is 0 Å². The molecular formula is C20H24N2O3S2. The van der Waals surface area contributed by atoms with E-state index in [1.54, 1.807) is 27.7 Å². The van der Waals surface area contributed by atoms with Crippen LogP contribution in [-0.4, -0.2) is 23.6 Å². The molecule has 144 valence electrons. The van der Waals surface area contributed by atoms with Gasteiger partial charge in [0.1, 0.15) is 10.6 Å². The first-order chi connectivity index (χ1) is 12.6. The maximum absolute atomic E-state index is 12.6. The number of hydrogen-bond acceptors (Lipinski definition) is 5. The Balaban J connectivity index is 2.40. The van der Waals surface area contributed by atoms with Gasteiger partial charge in [-0.25, -0.2) is 4.79 Å². The van der Waals surface area contributed by atoms with Crippen molar-refractivity contribution in [3.63, 3.8) is 0 Å². The summed E-state index contributed by atoms with van der Waals surface area (Å²) in [5.41, 5.74) is 1.59. The maximum Gasteiger partial charge on any atom is 0.341 e. The molecule has 0 bridgehead atoms. The van der Waals surface area contributed by atoms with Gasteiger partial charge in [0.05, 0.1) is 6.61 Å². The molecule has 1 amide bonds. The van der Waals surface area contributed by atoms with Gasteiger partial charge in [-0.3, -0.25) is 4.79 Å². The molecule has 27 heavy (non-hydrogen) atoms. The molecule has 0 atom stereocenters. The van der Waals surface area contributed by atoms with E-state index in [1.807, 2.05) is 37.3 Å². The minimum Gasteiger partial charge on any atom is -0.462 e. The van der Waals surface area contributed by atoms with E-state index in [0.29, 0.717) is 10.6 Å². The average Bonchev–Trinajstić information content (AvgIpc) is 2.90. The van der Waals surface area contributed by atoms with Crippen LogP contribution in [-0.2, 0) is 9.53 Å². The normalized spacial score (nSPS) is 11.0. The van der Waals surface area contributed by atoms with Gasteiger partial charge in [0.2, 0.25) is 5.91 Å². The van der Waals surface area contributed by atoms with Gasteiger partial charge in [-0.05, 0) is 31.6 Å². The fourth-order valence-corrected chi connectivity index (χ4v) is 3.74. The highest BCUT2D eigenvalue weighted by Crippen LogP contribution is 2.40. The monoisotopic (exact) mass is 404 g/mol. The number of rotatable bonds is 4. The van der Waals surface area contributed by atoms with Crippen molar-refractivity contribution in [2.24, 2.45) is 5.41 Å². The fraction of sp³-hybridized carbons (Fsp3) is 0.350. The van der Waals surface area contributed by atoms with Gasteiger partial charge in [0.15, 0.2) is 5.11 Å². The second-order valence-corrected chi connectivity index (χ2v) is 8.62. The third-order valence-corrected chi connectivity index (χ3v) is 4.99. The number of anilines is 1. The lowest BCUT2D eigenvalue weighted by Gasteiger charge is -2.18. The smallest absolute Gasteiger partial charge is 0.341 e. The number of carbonyl (C=O) groups excluding carboxylic acids is 2. The Bertz CT molecular complexity index is 852. The number of hydrogen-bond donors (Lipinski definition) is 2. The summed E-state index contributed by atoms with van der Waals surface area (Å²) in [6.45, 7) is 9.39. The quantitative estimate of drug-likeness (QED) is 0.568. The number of amides is 1. The largest absolute Gasteiger partial charge is 0.462 e. The minimum atomic E-state index is -0.573. The Morgan fingerprint density at radius 1 is 1.19 bits per heavy atom. The molecular weight excluding hydrogens is 380 g/mol. The van der Waals surface area contributed by atoms with Crippen LogP contribution in [0.3, 0.4) is 0 Å². The van der Waals surface area contributed by atoms with Gasteiger partial charge in [0, 0.05) is 15.9 Å². The van der Waals surface area contributed by atoms with Crippen LogP contribution in [0, 0.1) is 12.3 Å². The molecule has 1 heterocycles. The van der Waals surface area contributed by atoms with Crippen LogP contribution in [0.1, 0.15) is 42.9 Å². The molecule has 0 aliphatic heterocycles. The summed E-state index contributed by atoms with van der Waals surface area (Å²) in [6, 6.07) is 9.65. The average molecular weight is 405 g/mol. The summed E-state index contributed by atoms with van der Waals surface area (Å²) in [5, 5.41) is 6.39. The molecule has 2 N–H and O–H groups in total. The van der Waals surface area contributed by atoms with Crippen LogP contribution in [0.2, 0.25) is 0 Å².